The summed E-state index contributed by atoms with van der Waals surface area (Å²) in [5, 5.41) is 0. The van der Waals surface area contributed by atoms with E-state index in [0.717, 1.165) is 19.3 Å². The molecular formula is C18H29NO10S. The molecule has 0 spiro atoms. The molecule has 0 aromatic heterocycles. The second-order valence-electron chi connectivity index (χ2n) is 8.02. The molecule has 2 bridgehead atoms. The van der Waals surface area contributed by atoms with Crippen LogP contribution in [-0.4, -0.2) is 52.1 Å². The molecule has 11 nitrogen and oxygen atoms in total. The summed E-state index contributed by atoms with van der Waals surface area (Å²) in [5.41, 5.74) is 1.28. The number of hydrogen-bond donors (Lipinski definition) is 2. The summed E-state index contributed by atoms with van der Waals surface area (Å²) in [5.74, 6) is -0.915. The smallest absolute Gasteiger partial charge is 0.434 e. The van der Waals surface area contributed by atoms with Crippen LogP contribution in [0.25, 0.3) is 0 Å². The topological polar surface area (TPSA) is 144 Å². The van der Waals surface area contributed by atoms with E-state index in [9.17, 15) is 22.8 Å². The molecule has 4 unspecified atom stereocenters. The number of carbonyl (C=O) groups is 3. The van der Waals surface area contributed by atoms with Crippen molar-refractivity contribution in [1.29, 1.82) is 0 Å². The van der Waals surface area contributed by atoms with E-state index in [-0.39, 0.29) is 24.9 Å². The van der Waals surface area contributed by atoms with Gasteiger partial charge in [-0.15, -0.1) is 0 Å². The fraction of sp³-hybridized carbons (Fsp3) is 0.833. The molecule has 30 heavy (non-hydrogen) atoms. The monoisotopic (exact) mass is 451 g/mol. The van der Waals surface area contributed by atoms with Crippen LogP contribution >= 0.6 is 0 Å². The highest BCUT2D eigenvalue weighted by Crippen LogP contribution is 2.47. The Bertz CT molecular complexity index is 699. The van der Waals surface area contributed by atoms with Crippen LogP contribution in [0.2, 0.25) is 0 Å². The van der Waals surface area contributed by atoms with E-state index in [1.54, 1.807) is 13.8 Å². The van der Waals surface area contributed by atoms with Gasteiger partial charge in [0.1, 0.15) is 12.7 Å². The van der Waals surface area contributed by atoms with Crippen molar-refractivity contribution in [3.8, 4) is 0 Å². The van der Waals surface area contributed by atoms with E-state index < -0.39 is 53.4 Å². The SMILES string of the molecule is CCC(C)(C)C(=O)ONC(=O)CCOC(=O)OCOC1C2CCC(C2)C1O[SH](=O)=O. The summed E-state index contributed by atoms with van der Waals surface area (Å²) in [6.07, 6.45) is 0.864. The molecule has 0 radical (unpaired) electrons. The standard InChI is InChI=1S/C18H29NO10S/c1-4-18(2,3)16(21)28-19-13(20)7-8-25-17(22)27-10-26-14-11-5-6-12(9-11)15(14)29-30(23)24/h11-12,14-15,30H,4-10H2,1-3H3,(H,19,20). The minimum atomic E-state index is -2.99. The molecule has 12 heteroatoms. The maximum Gasteiger partial charge on any atom is 0.510 e. The van der Waals surface area contributed by atoms with Crippen LogP contribution in [0.3, 0.4) is 0 Å². The molecule has 2 fully saturated rings. The number of thiol groups is 1. The second kappa shape index (κ2) is 10.9. The van der Waals surface area contributed by atoms with Crippen molar-refractivity contribution >= 4 is 29.0 Å². The summed E-state index contributed by atoms with van der Waals surface area (Å²) in [6, 6.07) is 0. The quantitative estimate of drug-likeness (QED) is 0.215. The van der Waals surface area contributed by atoms with E-state index in [4.69, 9.17) is 23.2 Å². The Morgan fingerprint density at radius 3 is 2.37 bits per heavy atom. The zero-order valence-corrected chi connectivity index (χ0v) is 18.2. The number of hydrogen-bond acceptors (Lipinski definition) is 10. The third-order valence-corrected chi connectivity index (χ3v) is 6.07. The molecule has 172 valence electrons. The molecule has 0 aromatic carbocycles. The fourth-order valence-corrected chi connectivity index (χ4v) is 4.02. The largest absolute Gasteiger partial charge is 0.510 e. The number of hydroxylamine groups is 1. The molecule has 0 aliphatic heterocycles. The van der Waals surface area contributed by atoms with Gasteiger partial charge in [0.05, 0.1) is 17.9 Å². The van der Waals surface area contributed by atoms with Gasteiger partial charge < -0.3 is 19.0 Å². The molecule has 4 atom stereocenters. The predicted octanol–water partition coefficient (Wildman–Crippen LogP) is 1.22. The molecule has 2 aliphatic carbocycles. The third kappa shape index (κ3) is 6.81. The number of carbonyl (C=O) groups excluding carboxylic acids is 3. The number of ether oxygens (including phenoxy) is 3. The average Bonchev–Trinajstić information content (AvgIpc) is 3.28. The van der Waals surface area contributed by atoms with Crippen molar-refractivity contribution in [1.82, 2.24) is 5.48 Å². The van der Waals surface area contributed by atoms with Crippen LogP contribution < -0.4 is 5.48 Å². The van der Waals surface area contributed by atoms with Crippen LogP contribution in [0.4, 0.5) is 4.79 Å². The molecule has 1 N–H and O–H groups in total. The fourth-order valence-electron chi connectivity index (χ4n) is 3.53. The van der Waals surface area contributed by atoms with Crippen LogP contribution in [0.5, 0.6) is 0 Å². The van der Waals surface area contributed by atoms with E-state index in [1.807, 2.05) is 12.4 Å². The molecule has 1 amide bonds. The van der Waals surface area contributed by atoms with E-state index >= 15 is 0 Å². The van der Waals surface area contributed by atoms with Gasteiger partial charge in [-0.1, -0.05) is 6.92 Å². The summed E-state index contributed by atoms with van der Waals surface area (Å²) < 4.78 is 41.8. The van der Waals surface area contributed by atoms with Crippen molar-refractivity contribution in [3.63, 3.8) is 0 Å². The van der Waals surface area contributed by atoms with Gasteiger partial charge in [-0.2, -0.15) is 5.48 Å². The number of amides is 1. The molecular weight excluding hydrogens is 422 g/mol. The molecule has 0 saturated heterocycles. The minimum Gasteiger partial charge on any atom is -0.434 e. The lowest BCUT2D eigenvalue weighted by atomic mass is 9.91. The molecule has 2 rings (SSSR count). The predicted molar refractivity (Wildman–Crippen MR) is 101 cm³/mol. The van der Waals surface area contributed by atoms with Crippen LogP contribution in [0.1, 0.15) is 52.9 Å². The number of rotatable bonds is 10. The van der Waals surface area contributed by atoms with Gasteiger partial charge in [-0.05, 0) is 51.4 Å². The van der Waals surface area contributed by atoms with Gasteiger partial charge in [0, 0.05) is 0 Å². The van der Waals surface area contributed by atoms with Crippen molar-refractivity contribution in [2.24, 2.45) is 17.3 Å². The first-order valence-electron chi connectivity index (χ1n) is 9.86. The number of fused-ring (bicyclic) bond motifs is 2. The van der Waals surface area contributed by atoms with E-state index in [0.29, 0.717) is 6.42 Å². The lowest BCUT2D eigenvalue weighted by Crippen LogP contribution is -2.37. The van der Waals surface area contributed by atoms with Gasteiger partial charge in [0.2, 0.25) is 0 Å². The second-order valence-corrected chi connectivity index (χ2v) is 8.68. The highest BCUT2D eigenvalue weighted by molar-refractivity contribution is 7.67. The molecule has 0 aromatic rings. The summed E-state index contributed by atoms with van der Waals surface area (Å²) >= 11 is 0. The third-order valence-electron chi connectivity index (χ3n) is 5.65. The Morgan fingerprint density at radius 1 is 1.07 bits per heavy atom. The van der Waals surface area contributed by atoms with Crippen molar-refractivity contribution < 1.29 is 46.0 Å². The first-order chi connectivity index (χ1) is 14.1. The lowest BCUT2D eigenvalue weighted by Gasteiger charge is -2.28. The van der Waals surface area contributed by atoms with Crippen LogP contribution in [0, 0.1) is 17.3 Å². The highest BCUT2D eigenvalue weighted by atomic mass is 32.2. The first-order valence-corrected chi connectivity index (χ1v) is 11.0. The van der Waals surface area contributed by atoms with Crippen molar-refractivity contribution in [2.45, 2.75) is 65.1 Å². The summed E-state index contributed by atoms with van der Waals surface area (Å²) in [6.45, 7) is 4.50. The average molecular weight is 451 g/mol. The van der Waals surface area contributed by atoms with Gasteiger partial charge >= 0.3 is 12.1 Å². The van der Waals surface area contributed by atoms with Gasteiger partial charge in [0.15, 0.2) is 6.79 Å². The number of nitrogens with one attached hydrogen (secondary N) is 1. The lowest BCUT2D eigenvalue weighted by molar-refractivity contribution is -0.167. The highest BCUT2D eigenvalue weighted by Gasteiger charge is 2.50. The van der Waals surface area contributed by atoms with Crippen LogP contribution in [0.15, 0.2) is 0 Å². The van der Waals surface area contributed by atoms with Gasteiger partial charge in [-0.25, -0.2) is 18.0 Å². The summed E-state index contributed by atoms with van der Waals surface area (Å²) in [4.78, 5) is 39.7. The van der Waals surface area contributed by atoms with Crippen molar-refractivity contribution in [3.05, 3.63) is 0 Å². The molecule has 0 heterocycles. The van der Waals surface area contributed by atoms with Gasteiger partial charge in [-0.3, -0.25) is 8.98 Å². The molecule has 2 saturated carbocycles. The normalized spacial score (nSPS) is 25.2. The van der Waals surface area contributed by atoms with Crippen LogP contribution in [-0.2, 0) is 43.8 Å². The van der Waals surface area contributed by atoms with E-state index in [1.165, 1.54) is 0 Å². The molecule has 2 aliphatic rings. The minimum absolute atomic E-state index is 0.121. The Kier molecular flexibility index (Phi) is 8.86. The van der Waals surface area contributed by atoms with Gasteiger partial charge in [0.25, 0.3) is 16.9 Å². The Morgan fingerprint density at radius 2 is 1.73 bits per heavy atom. The Labute approximate surface area is 176 Å². The Hall–Kier alpha value is -1.92. The zero-order valence-electron chi connectivity index (χ0n) is 17.3. The maximum absolute atomic E-state index is 11.7. The first kappa shape index (κ1) is 24.4. The maximum atomic E-state index is 11.7. The Balaban J connectivity index is 1.60. The van der Waals surface area contributed by atoms with E-state index in [2.05, 4.69) is 0 Å². The summed E-state index contributed by atoms with van der Waals surface area (Å²) in [7, 11) is -2.99. The zero-order chi connectivity index (χ0) is 22.3. The van der Waals surface area contributed by atoms with Crippen molar-refractivity contribution in [2.75, 3.05) is 13.4 Å².